The highest BCUT2D eigenvalue weighted by Crippen LogP contribution is 2.22. The van der Waals surface area contributed by atoms with E-state index in [1.165, 1.54) is 6.07 Å². The lowest BCUT2D eigenvalue weighted by atomic mass is 9.90. The van der Waals surface area contributed by atoms with Crippen LogP contribution in [0.5, 0.6) is 0 Å². The van der Waals surface area contributed by atoms with Gasteiger partial charge in [0.15, 0.2) is 0 Å². The fraction of sp³-hybridized carbons (Fsp3) is 0.545. The second-order valence-electron chi connectivity index (χ2n) is 4.63. The Hall–Kier alpha value is -1.25. The van der Waals surface area contributed by atoms with Crippen molar-refractivity contribution in [3.8, 4) is 0 Å². The Bertz CT molecular complexity index is 318. The topological polar surface area (TPSA) is 50.4 Å². The Balaban J connectivity index is 2.56. The highest BCUT2D eigenvalue weighted by molar-refractivity contribution is 5.84. The van der Waals surface area contributed by atoms with Crippen molar-refractivity contribution in [2.45, 2.75) is 33.6 Å². The minimum Gasteiger partial charge on any atom is -0.475 e. The molecule has 1 heterocycles. The van der Waals surface area contributed by atoms with Crippen molar-refractivity contribution in [1.82, 2.24) is 0 Å². The maximum Gasteiger partial charge on any atom is 0.371 e. The normalized spacial score (nSPS) is 11.6. The number of carboxylic acid groups (broad SMARTS) is 1. The zero-order chi connectivity index (χ0) is 10.8. The van der Waals surface area contributed by atoms with Crippen molar-refractivity contribution in [3.05, 3.63) is 23.7 Å². The molecule has 14 heavy (non-hydrogen) atoms. The third-order valence-corrected chi connectivity index (χ3v) is 1.99. The zero-order valence-corrected chi connectivity index (χ0v) is 8.83. The summed E-state index contributed by atoms with van der Waals surface area (Å²) in [7, 11) is 0. The zero-order valence-electron chi connectivity index (χ0n) is 8.83. The molecule has 0 aliphatic heterocycles. The molecule has 1 aromatic heterocycles. The molecule has 1 rings (SSSR count). The first-order valence-electron chi connectivity index (χ1n) is 4.70. The minimum atomic E-state index is -1.01. The van der Waals surface area contributed by atoms with Gasteiger partial charge in [0.25, 0.3) is 0 Å². The number of aromatic carboxylic acids is 1. The van der Waals surface area contributed by atoms with Gasteiger partial charge in [0.2, 0.25) is 5.76 Å². The van der Waals surface area contributed by atoms with Crippen LogP contribution in [0, 0.1) is 5.41 Å². The lowest BCUT2D eigenvalue weighted by Gasteiger charge is -2.16. The molecule has 0 saturated heterocycles. The smallest absolute Gasteiger partial charge is 0.371 e. The molecular weight excluding hydrogens is 180 g/mol. The SMILES string of the molecule is CC(C)(C)CCc1ccc(C(=O)O)o1. The molecule has 0 saturated carbocycles. The molecule has 0 aliphatic carbocycles. The van der Waals surface area contributed by atoms with Gasteiger partial charge in [0.05, 0.1) is 0 Å². The Kier molecular flexibility index (Phi) is 2.99. The largest absolute Gasteiger partial charge is 0.475 e. The second-order valence-corrected chi connectivity index (χ2v) is 4.63. The van der Waals surface area contributed by atoms with Crippen LogP contribution < -0.4 is 0 Å². The van der Waals surface area contributed by atoms with Gasteiger partial charge in [-0.2, -0.15) is 0 Å². The minimum absolute atomic E-state index is 0.0221. The van der Waals surface area contributed by atoms with E-state index in [1.807, 2.05) is 0 Å². The van der Waals surface area contributed by atoms with Crippen LogP contribution in [0.3, 0.4) is 0 Å². The van der Waals surface area contributed by atoms with Gasteiger partial charge in [0, 0.05) is 6.42 Å². The highest BCUT2D eigenvalue weighted by atomic mass is 16.4. The molecule has 0 fully saturated rings. The van der Waals surface area contributed by atoms with Crippen molar-refractivity contribution in [2.75, 3.05) is 0 Å². The van der Waals surface area contributed by atoms with Crippen molar-refractivity contribution in [1.29, 1.82) is 0 Å². The highest BCUT2D eigenvalue weighted by Gasteiger charge is 2.13. The summed E-state index contributed by atoms with van der Waals surface area (Å²) in [6.07, 6.45) is 1.77. The predicted molar refractivity (Wildman–Crippen MR) is 53.4 cm³/mol. The number of carbonyl (C=O) groups is 1. The van der Waals surface area contributed by atoms with E-state index in [2.05, 4.69) is 20.8 Å². The van der Waals surface area contributed by atoms with E-state index in [0.29, 0.717) is 0 Å². The molecule has 0 aromatic carbocycles. The van der Waals surface area contributed by atoms with Crippen molar-refractivity contribution < 1.29 is 14.3 Å². The summed E-state index contributed by atoms with van der Waals surface area (Å²) in [5, 5.41) is 8.63. The maximum absolute atomic E-state index is 10.5. The number of furan rings is 1. The number of hydrogen-bond donors (Lipinski definition) is 1. The summed E-state index contributed by atoms with van der Waals surface area (Å²) < 4.78 is 5.14. The van der Waals surface area contributed by atoms with Crippen LogP contribution in [-0.4, -0.2) is 11.1 Å². The summed E-state index contributed by atoms with van der Waals surface area (Å²) in [5.74, 6) is -0.238. The molecule has 0 aliphatic rings. The van der Waals surface area contributed by atoms with Crippen molar-refractivity contribution >= 4 is 5.97 Å². The van der Waals surface area contributed by atoms with E-state index in [0.717, 1.165) is 18.6 Å². The van der Waals surface area contributed by atoms with E-state index >= 15 is 0 Å². The third kappa shape index (κ3) is 3.24. The molecule has 3 heteroatoms. The fourth-order valence-corrected chi connectivity index (χ4v) is 1.13. The first kappa shape index (κ1) is 10.8. The van der Waals surface area contributed by atoms with Gasteiger partial charge < -0.3 is 9.52 Å². The van der Waals surface area contributed by atoms with Gasteiger partial charge in [-0.25, -0.2) is 4.79 Å². The monoisotopic (exact) mass is 196 g/mol. The van der Waals surface area contributed by atoms with Crippen LogP contribution in [0.15, 0.2) is 16.5 Å². The molecule has 3 nitrogen and oxygen atoms in total. The summed E-state index contributed by atoms with van der Waals surface area (Å²) >= 11 is 0. The summed E-state index contributed by atoms with van der Waals surface area (Å²) in [4.78, 5) is 10.5. The van der Waals surface area contributed by atoms with Gasteiger partial charge in [-0.05, 0) is 24.0 Å². The van der Waals surface area contributed by atoms with Gasteiger partial charge in [0.1, 0.15) is 5.76 Å². The van der Waals surface area contributed by atoms with Gasteiger partial charge >= 0.3 is 5.97 Å². The summed E-state index contributed by atoms with van der Waals surface area (Å²) in [6, 6.07) is 3.23. The molecular formula is C11H16O3. The van der Waals surface area contributed by atoms with E-state index in [-0.39, 0.29) is 11.2 Å². The average molecular weight is 196 g/mol. The second kappa shape index (κ2) is 3.86. The quantitative estimate of drug-likeness (QED) is 0.808. The third-order valence-electron chi connectivity index (χ3n) is 1.99. The summed E-state index contributed by atoms with van der Waals surface area (Å²) in [5.41, 5.74) is 0.246. The Morgan fingerprint density at radius 2 is 2.07 bits per heavy atom. The number of hydrogen-bond acceptors (Lipinski definition) is 2. The Morgan fingerprint density at radius 1 is 1.43 bits per heavy atom. The van der Waals surface area contributed by atoms with Gasteiger partial charge in [-0.3, -0.25) is 0 Å². The molecule has 1 aromatic rings. The van der Waals surface area contributed by atoms with E-state index in [1.54, 1.807) is 6.07 Å². The number of rotatable bonds is 3. The molecule has 78 valence electrons. The van der Waals surface area contributed by atoms with Crippen LogP contribution in [0.4, 0.5) is 0 Å². The van der Waals surface area contributed by atoms with Crippen LogP contribution in [-0.2, 0) is 6.42 Å². The van der Waals surface area contributed by atoms with Crippen molar-refractivity contribution in [2.24, 2.45) is 5.41 Å². The first-order valence-corrected chi connectivity index (χ1v) is 4.70. The molecule has 1 N–H and O–H groups in total. The van der Waals surface area contributed by atoms with Crippen LogP contribution in [0.25, 0.3) is 0 Å². The van der Waals surface area contributed by atoms with Crippen molar-refractivity contribution in [3.63, 3.8) is 0 Å². The van der Waals surface area contributed by atoms with E-state index < -0.39 is 5.97 Å². The fourth-order valence-electron chi connectivity index (χ4n) is 1.13. The standard InChI is InChI=1S/C11H16O3/c1-11(2,3)7-6-8-4-5-9(14-8)10(12)13/h4-5H,6-7H2,1-3H3,(H,12,13). The Labute approximate surface area is 83.7 Å². The van der Waals surface area contributed by atoms with Gasteiger partial charge in [-0.1, -0.05) is 20.8 Å². The van der Waals surface area contributed by atoms with E-state index in [9.17, 15) is 4.79 Å². The van der Waals surface area contributed by atoms with E-state index in [4.69, 9.17) is 9.52 Å². The lowest BCUT2D eigenvalue weighted by molar-refractivity contribution is 0.0660. The molecule has 0 amide bonds. The Morgan fingerprint density at radius 3 is 2.50 bits per heavy atom. The molecule has 0 unspecified atom stereocenters. The van der Waals surface area contributed by atoms with Crippen LogP contribution in [0.2, 0.25) is 0 Å². The van der Waals surface area contributed by atoms with Gasteiger partial charge in [-0.15, -0.1) is 0 Å². The van der Waals surface area contributed by atoms with Crippen LogP contribution >= 0.6 is 0 Å². The lowest BCUT2D eigenvalue weighted by Crippen LogP contribution is -2.05. The number of carboxylic acids is 1. The first-order chi connectivity index (χ1) is 6.38. The predicted octanol–water partition coefficient (Wildman–Crippen LogP) is 2.96. The number of aryl methyl sites for hydroxylation is 1. The summed E-state index contributed by atoms with van der Waals surface area (Å²) in [6.45, 7) is 6.44. The molecule has 0 atom stereocenters. The molecule has 0 bridgehead atoms. The molecule has 0 spiro atoms. The average Bonchev–Trinajstić information content (AvgIpc) is 2.47. The maximum atomic E-state index is 10.5. The molecule has 0 radical (unpaired) electrons. The van der Waals surface area contributed by atoms with Crippen LogP contribution in [0.1, 0.15) is 43.5 Å².